The molecule has 0 saturated carbocycles. The number of hydrogen-bond acceptors (Lipinski definition) is 4. The molecule has 176 valence electrons. The van der Waals surface area contributed by atoms with Crippen LogP contribution in [0.15, 0.2) is 72.8 Å². The predicted octanol–water partition coefficient (Wildman–Crippen LogP) is 4.38. The Morgan fingerprint density at radius 1 is 0.941 bits per heavy atom. The van der Waals surface area contributed by atoms with Crippen LogP contribution in [0.5, 0.6) is 5.75 Å². The van der Waals surface area contributed by atoms with Crippen molar-refractivity contribution in [2.45, 2.75) is 38.6 Å². The van der Waals surface area contributed by atoms with Crippen LogP contribution in [0.3, 0.4) is 0 Å². The van der Waals surface area contributed by atoms with Gasteiger partial charge < -0.3 is 15.2 Å². The molecule has 7 heteroatoms. The molecule has 0 spiro atoms. The zero-order valence-electron chi connectivity index (χ0n) is 18.7. The number of ether oxygens (including phenoxy) is 1. The summed E-state index contributed by atoms with van der Waals surface area (Å²) in [6.45, 7) is 2.24. The molecule has 1 atom stereocenters. The summed E-state index contributed by atoms with van der Waals surface area (Å²) in [5.41, 5.74) is 3.08. The number of rotatable bonds is 9. The lowest BCUT2D eigenvalue weighted by molar-refractivity contribution is -0.125. The third-order valence-corrected chi connectivity index (χ3v) is 5.96. The molecule has 1 saturated heterocycles. The van der Waals surface area contributed by atoms with Crippen molar-refractivity contribution >= 4 is 11.9 Å². The van der Waals surface area contributed by atoms with Gasteiger partial charge in [-0.1, -0.05) is 36.4 Å². The Bertz CT molecular complexity index is 1110. The minimum atomic E-state index is -0.955. The summed E-state index contributed by atoms with van der Waals surface area (Å²) in [6.07, 6.45) is 1.78. The smallest absolute Gasteiger partial charge is 0.335 e. The topological polar surface area (TPSA) is 78.9 Å². The molecule has 0 aliphatic carbocycles. The van der Waals surface area contributed by atoms with Crippen molar-refractivity contribution < 1.29 is 23.8 Å². The van der Waals surface area contributed by atoms with Crippen molar-refractivity contribution in [3.8, 4) is 5.75 Å². The second kappa shape index (κ2) is 10.9. The summed E-state index contributed by atoms with van der Waals surface area (Å²) in [5, 5.41) is 12.0. The van der Waals surface area contributed by atoms with Gasteiger partial charge in [-0.3, -0.25) is 9.69 Å². The van der Waals surface area contributed by atoms with Gasteiger partial charge in [0.15, 0.2) is 0 Å². The van der Waals surface area contributed by atoms with Crippen LogP contribution < -0.4 is 10.1 Å². The van der Waals surface area contributed by atoms with Crippen molar-refractivity contribution in [2.24, 2.45) is 0 Å². The lowest BCUT2D eigenvalue weighted by atomic mass is 10.1. The number of halogens is 1. The lowest BCUT2D eigenvalue weighted by Gasteiger charge is -2.23. The molecule has 6 nitrogen and oxygen atoms in total. The van der Waals surface area contributed by atoms with E-state index in [1.54, 1.807) is 36.4 Å². The second-order valence-corrected chi connectivity index (χ2v) is 8.41. The first-order valence-electron chi connectivity index (χ1n) is 11.3. The zero-order chi connectivity index (χ0) is 23.9. The normalized spacial score (nSPS) is 15.7. The maximum atomic E-state index is 13.1. The average Bonchev–Trinajstić information content (AvgIpc) is 3.32. The van der Waals surface area contributed by atoms with E-state index >= 15 is 0 Å². The molecule has 3 aromatic carbocycles. The molecule has 1 fully saturated rings. The van der Waals surface area contributed by atoms with Crippen LogP contribution in [0.4, 0.5) is 4.39 Å². The lowest BCUT2D eigenvalue weighted by Crippen LogP contribution is -2.42. The zero-order valence-corrected chi connectivity index (χ0v) is 18.7. The maximum absolute atomic E-state index is 13.1. The van der Waals surface area contributed by atoms with Gasteiger partial charge in [-0.25, -0.2) is 9.18 Å². The molecule has 2 N–H and O–H groups in total. The number of carbonyl (C=O) groups is 2. The van der Waals surface area contributed by atoms with Gasteiger partial charge in [0, 0.05) is 13.1 Å². The van der Waals surface area contributed by atoms with E-state index in [9.17, 15) is 14.0 Å². The van der Waals surface area contributed by atoms with E-state index in [1.165, 1.54) is 12.1 Å². The largest absolute Gasteiger partial charge is 0.489 e. The van der Waals surface area contributed by atoms with Crippen LogP contribution in [0.1, 0.15) is 39.9 Å². The fourth-order valence-electron chi connectivity index (χ4n) is 4.06. The highest BCUT2D eigenvalue weighted by Crippen LogP contribution is 2.21. The molecular weight excluding hydrogens is 435 g/mol. The van der Waals surface area contributed by atoms with Crippen molar-refractivity contribution in [3.05, 3.63) is 101 Å². The van der Waals surface area contributed by atoms with Crippen LogP contribution in [-0.2, 0) is 24.5 Å². The van der Waals surface area contributed by atoms with E-state index in [-0.39, 0.29) is 23.3 Å². The van der Waals surface area contributed by atoms with Crippen molar-refractivity contribution in [1.29, 1.82) is 0 Å². The van der Waals surface area contributed by atoms with Crippen LogP contribution in [0, 0.1) is 5.82 Å². The van der Waals surface area contributed by atoms with Gasteiger partial charge in [0.25, 0.3) is 0 Å². The number of likely N-dealkylation sites (tertiary alicyclic amines) is 1. The van der Waals surface area contributed by atoms with Crippen molar-refractivity contribution in [2.75, 3.05) is 6.54 Å². The highest BCUT2D eigenvalue weighted by atomic mass is 19.1. The number of hydrogen-bond donors (Lipinski definition) is 2. The standard InChI is InChI=1S/C27H27FN2O4/c28-23-11-5-20(6-12-23)17-30-15-1-2-25(30)26(31)29-16-19-7-13-24(14-8-19)34-18-21-3-9-22(10-4-21)27(32)33/h3-14,25H,1-2,15-18H2,(H,29,31)(H,32,33)/t25-/m0/s1. The third-order valence-electron chi connectivity index (χ3n) is 5.96. The molecule has 1 aliphatic rings. The number of nitrogens with zero attached hydrogens (tertiary/aromatic N) is 1. The van der Waals surface area contributed by atoms with Crippen LogP contribution in [0.25, 0.3) is 0 Å². The van der Waals surface area contributed by atoms with E-state index in [0.29, 0.717) is 25.4 Å². The van der Waals surface area contributed by atoms with Crippen molar-refractivity contribution in [1.82, 2.24) is 10.2 Å². The second-order valence-electron chi connectivity index (χ2n) is 8.41. The summed E-state index contributed by atoms with van der Waals surface area (Å²) in [6, 6.07) is 20.3. The first-order valence-corrected chi connectivity index (χ1v) is 11.3. The molecule has 4 rings (SSSR count). The Kier molecular flexibility index (Phi) is 7.54. The van der Waals surface area contributed by atoms with E-state index in [2.05, 4.69) is 10.2 Å². The molecule has 34 heavy (non-hydrogen) atoms. The van der Waals surface area contributed by atoms with E-state index in [0.717, 1.165) is 36.1 Å². The Morgan fingerprint density at radius 2 is 1.59 bits per heavy atom. The molecule has 1 amide bonds. The number of nitrogens with one attached hydrogen (secondary N) is 1. The van der Waals surface area contributed by atoms with Crippen LogP contribution in [-0.4, -0.2) is 34.5 Å². The number of carbonyl (C=O) groups excluding carboxylic acids is 1. The monoisotopic (exact) mass is 462 g/mol. The summed E-state index contributed by atoms with van der Waals surface area (Å²) < 4.78 is 18.9. The molecular formula is C27H27FN2O4. The fourth-order valence-corrected chi connectivity index (χ4v) is 4.06. The fraction of sp³-hybridized carbons (Fsp3) is 0.259. The van der Waals surface area contributed by atoms with Gasteiger partial charge in [-0.05, 0) is 72.5 Å². The number of amides is 1. The molecule has 0 aromatic heterocycles. The third kappa shape index (κ3) is 6.20. The number of aromatic carboxylic acids is 1. The number of carboxylic acid groups (broad SMARTS) is 1. The van der Waals surface area contributed by atoms with Gasteiger partial charge in [0.05, 0.1) is 11.6 Å². The molecule has 0 unspecified atom stereocenters. The highest BCUT2D eigenvalue weighted by Gasteiger charge is 2.30. The van der Waals surface area contributed by atoms with E-state index in [4.69, 9.17) is 9.84 Å². The number of carboxylic acids is 1. The minimum Gasteiger partial charge on any atom is -0.489 e. The van der Waals surface area contributed by atoms with Gasteiger partial charge in [-0.2, -0.15) is 0 Å². The van der Waals surface area contributed by atoms with E-state index in [1.807, 2.05) is 24.3 Å². The average molecular weight is 463 g/mol. The van der Waals surface area contributed by atoms with Crippen LogP contribution >= 0.6 is 0 Å². The Hall–Kier alpha value is -3.71. The summed E-state index contributed by atoms with van der Waals surface area (Å²) >= 11 is 0. The van der Waals surface area contributed by atoms with Gasteiger partial charge in [0.2, 0.25) is 5.91 Å². The molecule has 0 radical (unpaired) electrons. The molecule has 1 aliphatic heterocycles. The van der Waals surface area contributed by atoms with Gasteiger partial charge >= 0.3 is 5.97 Å². The molecule has 3 aromatic rings. The SMILES string of the molecule is O=C(O)c1ccc(COc2ccc(CNC(=O)[C@@H]3CCCN3Cc3ccc(F)cc3)cc2)cc1. The summed E-state index contributed by atoms with van der Waals surface area (Å²) in [4.78, 5) is 25.9. The Labute approximate surface area is 198 Å². The first-order chi connectivity index (χ1) is 16.5. The quantitative estimate of drug-likeness (QED) is 0.493. The van der Waals surface area contributed by atoms with Gasteiger partial charge in [-0.15, -0.1) is 0 Å². The highest BCUT2D eigenvalue weighted by molar-refractivity contribution is 5.87. The minimum absolute atomic E-state index is 0.00439. The van der Waals surface area contributed by atoms with Gasteiger partial charge in [0.1, 0.15) is 18.2 Å². The predicted molar refractivity (Wildman–Crippen MR) is 126 cm³/mol. The summed E-state index contributed by atoms with van der Waals surface area (Å²) in [5.74, 6) is -0.516. The van der Waals surface area contributed by atoms with E-state index < -0.39 is 5.97 Å². The maximum Gasteiger partial charge on any atom is 0.335 e. The van der Waals surface area contributed by atoms with Crippen molar-refractivity contribution in [3.63, 3.8) is 0 Å². The Morgan fingerprint density at radius 3 is 2.26 bits per heavy atom. The van der Waals surface area contributed by atoms with Crippen LogP contribution in [0.2, 0.25) is 0 Å². The Balaban J connectivity index is 1.25. The number of benzene rings is 3. The molecule has 1 heterocycles. The molecule has 0 bridgehead atoms. The first kappa shape index (κ1) is 23.4. The summed E-state index contributed by atoms with van der Waals surface area (Å²) in [7, 11) is 0.